The lowest BCUT2D eigenvalue weighted by atomic mass is 10.2. The van der Waals surface area contributed by atoms with E-state index < -0.39 is 0 Å². The van der Waals surface area contributed by atoms with E-state index in [1.54, 1.807) is 18.2 Å². The summed E-state index contributed by atoms with van der Waals surface area (Å²) in [6.07, 6.45) is 3.64. The van der Waals surface area contributed by atoms with Gasteiger partial charge in [-0.2, -0.15) is 0 Å². The zero-order valence-corrected chi connectivity index (χ0v) is 13.5. The Balaban J connectivity index is 1.97. The number of nitrogens with one attached hydrogen (secondary N) is 1. The van der Waals surface area contributed by atoms with Gasteiger partial charge >= 0.3 is 0 Å². The van der Waals surface area contributed by atoms with Crippen LogP contribution in [0.2, 0.25) is 5.02 Å². The summed E-state index contributed by atoms with van der Waals surface area (Å²) in [5.41, 5.74) is 6.93. The van der Waals surface area contributed by atoms with Gasteiger partial charge in [-0.25, -0.2) is 0 Å². The predicted molar refractivity (Wildman–Crippen MR) is 88.5 cm³/mol. The molecule has 5 heteroatoms. The first-order valence-electron chi connectivity index (χ1n) is 7.61. The molecule has 116 valence electrons. The molecular weight excluding hydrogens is 286 g/mol. The van der Waals surface area contributed by atoms with Gasteiger partial charge in [-0.3, -0.25) is 9.69 Å². The lowest BCUT2D eigenvalue weighted by Gasteiger charge is -2.28. The monoisotopic (exact) mass is 309 g/mol. The molecule has 4 nitrogen and oxygen atoms in total. The number of nitrogens with two attached hydrogens (primary N) is 1. The number of carbonyl (C=O) groups excluding carboxylic acids is 1. The summed E-state index contributed by atoms with van der Waals surface area (Å²) in [6, 6.07) is 5.03. The maximum Gasteiger partial charge on any atom is 0.241 e. The smallest absolute Gasteiger partial charge is 0.241 e. The molecule has 3 N–H and O–H groups in total. The number of benzene rings is 1. The molecule has 1 atom stereocenters. The molecule has 0 aliphatic heterocycles. The molecule has 0 heterocycles. The standard InChI is InChI=1S/C16H24ClN3O/c1-3-8-20(10-12-4-5-12)11(2)16(21)19-13-6-7-14(17)15(18)9-13/h6-7,9,11-12H,3-5,8,10,18H2,1-2H3,(H,19,21). The average molecular weight is 310 g/mol. The van der Waals surface area contributed by atoms with Crippen LogP contribution in [-0.4, -0.2) is 29.9 Å². The Morgan fingerprint density at radius 3 is 2.81 bits per heavy atom. The highest BCUT2D eigenvalue weighted by Gasteiger charge is 2.28. The van der Waals surface area contributed by atoms with Crippen LogP contribution in [-0.2, 0) is 4.79 Å². The Hall–Kier alpha value is -1.26. The highest BCUT2D eigenvalue weighted by molar-refractivity contribution is 6.33. The third kappa shape index (κ3) is 4.61. The quantitative estimate of drug-likeness (QED) is 0.759. The van der Waals surface area contributed by atoms with Gasteiger partial charge < -0.3 is 11.1 Å². The van der Waals surface area contributed by atoms with Crippen LogP contribution in [0.3, 0.4) is 0 Å². The van der Waals surface area contributed by atoms with E-state index in [0.29, 0.717) is 16.4 Å². The van der Waals surface area contributed by atoms with Crippen molar-refractivity contribution >= 4 is 28.9 Å². The molecule has 21 heavy (non-hydrogen) atoms. The van der Waals surface area contributed by atoms with E-state index in [4.69, 9.17) is 17.3 Å². The highest BCUT2D eigenvalue weighted by Crippen LogP contribution is 2.30. The largest absolute Gasteiger partial charge is 0.397 e. The summed E-state index contributed by atoms with van der Waals surface area (Å²) >= 11 is 5.89. The van der Waals surface area contributed by atoms with Gasteiger partial charge in [0.15, 0.2) is 0 Å². The molecule has 0 spiro atoms. The lowest BCUT2D eigenvalue weighted by Crippen LogP contribution is -2.43. The molecule has 0 saturated heterocycles. The first kappa shape index (κ1) is 16.1. The van der Waals surface area contributed by atoms with E-state index in [2.05, 4.69) is 17.1 Å². The number of rotatable bonds is 7. The van der Waals surface area contributed by atoms with Crippen LogP contribution < -0.4 is 11.1 Å². The third-order valence-corrected chi connectivity index (χ3v) is 4.24. The normalized spacial score (nSPS) is 16.0. The molecule has 0 radical (unpaired) electrons. The van der Waals surface area contributed by atoms with Crippen LogP contribution in [0, 0.1) is 5.92 Å². The number of hydrogen-bond acceptors (Lipinski definition) is 3. The highest BCUT2D eigenvalue weighted by atomic mass is 35.5. The summed E-state index contributed by atoms with van der Waals surface area (Å²) in [6.45, 7) is 6.08. The molecule has 0 bridgehead atoms. The van der Waals surface area contributed by atoms with Gasteiger partial charge in [0.25, 0.3) is 0 Å². The predicted octanol–water partition coefficient (Wildman–Crippen LogP) is 3.37. The van der Waals surface area contributed by atoms with Crippen LogP contribution >= 0.6 is 11.6 Å². The maximum absolute atomic E-state index is 12.4. The Bertz CT molecular complexity index is 502. The van der Waals surface area contributed by atoms with Crippen molar-refractivity contribution in [3.8, 4) is 0 Å². The van der Waals surface area contributed by atoms with Gasteiger partial charge in [0.2, 0.25) is 5.91 Å². The number of halogens is 1. The van der Waals surface area contributed by atoms with Gasteiger partial charge in [0.1, 0.15) is 0 Å². The number of carbonyl (C=O) groups is 1. The molecule has 1 saturated carbocycles. The summed E-state index contributed by atoms with van der Waals surface area (Å²) in [4.78, 5) is 14.7. The lowest BCUT2D eigenvalue weighted by molar-refractivity contribution is -0.120. The van der Waals surface area contributed by atoms with Gasteiger partial charge in [0, 0.05) is 12.2 Å². The van der Waals surface area contributed by atoms with Crippen molar-refractivity contribution in [1.82, 2.24) is 4.90 Å². The van der Waals surface area contributed by atoms with Crippen molar-refractivity contribution in [1.29, 1.82) is 0 Å². The van der Waals surface area contributed by atoms with E-state index in [9.17, 15) is 4.79 Å². The van der Waals surface area contributed by atoms with Crippen LogP contribution in [0.1, 0.15) is 33.1 Å². The van der Waals surface area contributed by atoms with Crippen molar-refractivity contribution in [2.45, 2.75) is 39.2 Å². The fourth-order valence-electron chi connectivity index (χ4n) is 2.40. The Morgan fingerprint density at radius 2 is 2.24 bits per heavy atom. The molecule has 1 aliphatic carbocycles. The van der Waals surface area contributed by atoms with Crippen molar-refractivity contribution in [2.75, 3.05) is 24.1 Å². The van der Waals surface area contributed by atoms with Gasteiger partial charge in [-0.05, 0) is 56.8 Å². The fraction of sp³-hybridized carbons (Fsp3) is 0.562. The Morgan fingerprint density at radius 1 is 1.52 bits per heavy atom. The first-order valence-corrected chi connectivity index (χ1v) is 7.99. The van der Waals surface area contributed by atoms with Crippen LogP contribution in [0.4, 0.5) is 11.4 Å². The molecule has 2 rings (SSSR count). The Kier molecular flexibility index (Phi) is 5.48. The second-order valence-electron chi connectivity index (χ2n) is 5.84. The number of nitrogens with zero attached hydrogens (tertiary/aromatic N) is 1. The maximum atomic E-state index is 12.4. The van der Waals surface area contributed by atoms with E-state index in [0.717, 1.165) is 25.4 Å². The minimum Gasteiger partial charge on any atom is -0.397 e. The summed E-state index contributed by atoms with van der Waals surface area (Å²) in [5.74, 6) is 0.781. The van der Waals surface area contributed by atoms with E-state index in [1.807, 2.05) is 6.92 Å². The molecule has 1 aromatic carbocycles. The van der Waals surface area contributed by atoms with Crippen molar-refractivity contribution in [2.24, 2.45) is 5.92 Å². The molecule has 1 aliphatic rings. The third-order valence-electron chi connectivity index (χ3n) is 3.89. The van der Waals surface area contributed by atoms with Crippen LogP contribution in [0.15, 0.2) is 18.2 Å². The molecule has 1 aromatic rings. The summed E-state index contributed by atoms with van der Waals surface area (Å²) in [7, 11) is 0. The molecule has 1 amide bonds. The SMILES string of the molecule is CCCN(CC1CC1)C(C)C(=O)Nc1ccc(Cl)c(N)c1. The van der Waals surface area contributed by atoms with Gasteiger partial charge in [0.05, 0.1) is 16.8 Å². The zero-order valence-electron chi connectivity index (χ0n) is 12.7. The van der Waals surface area contributed by atoms with E-state index >= 15 is 0 Å². The molecule has 0 aromatic heterocycles. The summed E-state index contributed by atoms with van der Waals surface area (Å²) < 4.78 is 0. The number of hydrogen-bond donors (Lipinski definition) is 2. The molecule has 1 unspecified atom stereocenters. The first-order chi connectivity index (χ1) is 10.0. The van der Waals surface area contributed by atoms with Crippen LogP contribution in [0.5, 0.6) is 0 Å². The van der Waals surface area contributed by atoms with Gasteiger partial charge in [-0.1, -0.05) is 18.5 Å². The number of anilines is 2. The second kappa shape index (κ2) is 7.14. The van der Waals surface area contributed by atoms with Crippen molar-refractivity contribution in [3.63, 3.8) is 0 Å². The fourth-order valence-corrected chi connectivity index (χ4v) is 2.51. The second-order valence-corrected chi connectivity index (χ2v) is 6.25. The number of nitrogen functional groups attached to an aromatic ring is 1. The van der Waals surface area contributed by atoms with Crippen molar-refractivity contribution in [3.05, 3.63) is 23.2 Å². The minimum atomic E-state index is -0.137. The summed E-state index contributed by atoms with van der Waals surface area (Å²) in [5, 5.41) is 3.43. The molecular formula is C16H24ClN3O. The average Bonchev–Trinajstić information content (AvgIpc) is 3.25. The van der Waals surface area contributed by atoms with Crippen LogP contribution in [0.25, 0.3) is 0 Å². The topological polar surface area (TPSA) is 58.4 Å². The zero-order chi connectivity index (χ0) is 15.4. The minimum absolute atomic E-state index is 0.00539. The Labute approximate surface area is 131 Å². The van der Waals surface area contributed by atoms with Gasteiger partial charge in [-0.15, -0.1) is 0 Å². The van der Waals surface area contributed by atoms with E-state index in [1.165, 1.54) is 12.8 Å². The van der Waals surface area contributed by atoms with Crippen molar-refractivity contribution < 1.29 is 4.79 Å². The van der Waals surface area contributed by atoms with E-state index in [-0.39, 0.29) is 11.9 Å². The number of amides is 1. The molecule has 1 fully saturated rings.